The molecule has 0 unspecified atom stereocenters. The second-order valence-corrected chi connectivity index (χ2v) is 11.3. The van der Waals surface area contributed by atoms with E-state index in [0.717, 1.165) is 24.5 Å². The predicted molar refractivity (Wildman–Crippen MR) is 122 cm³/mol. The van der Waals surface area contributed by atoms with E-state index in [2.05, 4.69) is 15.0 Å². The summed E-state index contributed by atoms with van der Waals surface area (Å²) in [5, 5.41) is 1.83. The van der Waals surface area contributed by atoms with Gasteiger partial charge in [0.05, 0.1) is 17.7 Å². The molecule has 1 heterocycles. The lowest BCUT2D eigenvalue weighted by molar-refractivity contribution is -0.141. The fourth-order valence-corrected chi connectivity index (χ4v) is 5.01. The lowest BCUT2D eigenvalue weighted by atomic mass is 10.1. The number of pyridine rings is 1. The number of benzene rings is 1. The van der Waals surface area contributed by atoms with Crippen molar-refractivity contribution >= 4 is 37.5 Å². The maximum Gasteiger partial charge on any atom is 0.433 e. The van der Waals surface area contributed by atoms with Crippen molar-refractivity contribution in [1.29, 1.82) is 0 Å². The smallest absolute Gasteiger partial charge is 0.348 e. The molecule has 0 aliphatic rings. The third kappa shape index (κ3) is 7.83. The van der Waals surface area contributed by atoms with Crippen LogP contribution in [0.15, 0.2) is 41.4 Å². The highest BCUT2D eigenvalue weighted by atomic mass is 32.2. The van der Waals surface area contributed by atoms with Gasteiger partial charge in [-0.25, -0.2) is 21.8 Å². The zero-order valence-corrected chi connectivity index (χ0v) is 20.2. The fraction of sp³-hybridized carbons (Fsp3) is 0.333. The van der Waals surface area contributed by atoms with Gasteiger partial charge in [-0.15, -0.1) is 0 Å². The van der Waals surface area contributed by atoms with Gasteiger partial charge in [0.15, 0.2) is 14.9 Å². The number of halogens is 3. The van der Waals surface area contributed by atoms with E-state index in [-0.39, 0.29) is 18.5 Å². The van der Waals surface area contributed by atoms with E-state index >= 15 is 0 Å². The number of sulfone groups is 1. The number of amides is 1. The van der Waals surface area contributed by atoms with Crippen LogP contribution < -0.4 is 10.0 Å². The molecule has 0 saturated heterocycles. The number of aromatic nitrogens is 1. The zero-order valence-electron chi connectivity index (χ0n) is 18.6. The van der Waals surface area contributed by atoms with Crippen molar-refractivity contribution < 1.29 is 34.8 Å². The molecule has 13 heteroatoms. The van der Waals surface area contributed by atoms with Gasteiger partial charge < -0.3 is 5.32 Å². The summed E-state index contributed by atoms with van der Waals surface area (Å²) in [4.78, 5) is 15.5. The van der Waals surface area contributed by atoms with E-state index in [0.29, 0.717) is 22.9 Å². The molecule has 0 fully saturated rings. The van der Waals surface area contributed by atoms with Crippen LogP contribution in [-0.4, -0.2) is 39.7 Å². The number of nitrogens with zero attached hydrogens (tertiary/aromatic N) is 1. The van der Waals surface area contributed by atoms with Gasteiger partial charge in [-0.2, -0.15) is 13.2 Å². The topological polar surface area (TPSA) is 122 Å². The first-order valence-corrected chi connectivity index (χ1v) is 13.5. The second kappa shape index (κ2) is 10.6. The average molecular weight is 520 g/mol. The van der Waals surface area contributed by atoms with Gasteiger partial charge in [0.2, 0.25) is 15.9 Å². The van der Waals surface area contributed by atoms with Gasteiger partial charge >= 0.3 is 6.18 Å². The minimum Gasteiger partial charge on any atom is -0.348 e. The third-order valence-electron chi connectivity index (χ3n) is 4.41. The highest BCUT2D eigenvalue weighted by molar-refractivity contribution is 7.92. The zero-order chi connectivity index (χ0) is 25.7. The summed E-state index contributed by atoms with van der Waals surface area (Å²) in [6.07, 6.45) is -1.52. The quantitative estimate of drug-likeness (QED) is 0.490. The Balaban J connectivity index is 2.19. The van der Waals surface area contributed by atoms with Crippen molar-refractivity contribution in [2.45, 2.75) is 38.0 Å². The summed E-state index contributed by atoms with van der Waals surface area (Å²) in [6, 6.07) is 6.44. The number of hydrogen-bond acceptors (Lipinski definition) is 6. The third-order valence-corrected chi connectivity index (χ3v) is 6.87. The molecule has 0 aliphatic heterocycles. The Kier molecular flexibility index (Phi) is 8.48. The molecule has 0 aliphatic carbocycles. The van der Waals surface area contributed by atoms with Crippen LogP contribution in [0.5, 0.6) is 0 Å². The Morgan fingerprint density at radius 1 is 1.12 bits per heavy atom. The van der Waals surface area contributed by atoms with Gasteiger partial charge in [-0.3, -0.25) is 9.52 Å². The molecule has 2 rings (SSSR count). The normalized spacial score (nSPS) is 12.6. The highest BCUT2D eigenvalue weighted by Crippen LogP contribution is 2.30. The molecule has 0 saturated carbocycles. The molecule has 2 N–H and O–H groups in total. The van der Waals surface area contributed by atoms with Crippen molar-refractivity contribution in [2.24, 2.45) is 0 Å². The molecule has 0 spiro atoms. The molecular formula is C21H24F3N3O5S2. The fourth-order valence-electron chi connectivity index (χ4n) is 2.91. The van der Waals surface area contributed by atoms with Crippen LogP contribution >= 0.6 is 0 Å². The van der Waals surface area contributed by atoms with E-state index in [4.69, 9.17) is 0 Å². The number of carbonyl (C=O) groups excluding carboxylic acids is 1. The number of carbonyl (C=O) groups is 1. The lowest BCUT2D eigenvalue weighted by Gasteiger charge is -2.11. The maximum atomic E-state index is 13.0. The van der Waals surface area contributed by atoms with Crippen LogP contribution in [0.4, 0.5) is 18.9 Å². The first-order valence-electron chi connectivity index (χ1n) is 9.96. The second-order valence-electron chi connectivity index (χ2n) is 7.48. The Morgan fingerprint density at radius 3 is 2.35 bits per heavy atom. The summed E-state index contributed by atoms with van der Waals surface area (Å²) < 4.78 is 89.0. The van der Waals surface area contributed by atoms with E-state index in [1.54, 1.807) is 32.0 Å². The monoisotopic (exact) mass is 519 g/mol. The number of alkyl halides is 3. The SMILES string of the molecule is CCCS(=O)(=O)c1nc(C(F)(F)F)ccc1C=CC(=O)NCc1ccc(NS(C)(=O)=O)c(C)c1. The van der Waals surface area contributed by atoms with E-state index in [1.165, 1.54) is 0 Å². The highest BCUT2D eigenvalue weighted by Gasteiger charge is 2.34. The number of nitrogens with one attached hydrogen (secondary N) is 2. The Labute approximate surface area is 196 Å². The maximum absolute atomic E-state index is 13.0. The largest absolute Gasteiger partial charge is 0.433 e. The van der Waals surface area contributed by atoms with Crippen molar-refractivity contribution in [3.63, 3.8) is 0 Å². The molecule has 0 atom stereocenters. The van der Waals surface area contributed by atoms with Crippen LogP contribution in [0.2, 0.25) is 0 Å². The van der Waals surface area contributed by atoms with Crippen molar-refractivity contribution in [3.05, 3.63) is 58.8 Å². The molecule has 2 aromatic rings. The van der Waals surface area contributed by atoms with Crippen LogP contribution in [0, 0.1) is 6.92 Å². The summed E-state index contributed by atoms with van der Waals surface area (Å²) in [7, 11) is -7.53. The number of aryl methyl sites for hydroxylation is 1. The lowest BCUT2D eigenvalue weighted by Crippen LogP contribution is -2.20. The number of rotatable bonds is 9. The summed E-state index contributed by atoms with van der Waals surface area (Å²) in [5.74, 6) is -1.01. The van der Waals surface area contributed by atoms with Crippen LogP contribution in [-0.2, 0) is 37.4 Å². The van der Waals surface area contributed by atoms with Crippen molar-refractivity contribution in [1.82, 2.24) is 10.3 Å². The standard InChI is InChI=1S/C21H24F3N3O5S2/c1-4-11-34(31,32)20-16(6-9-18(26-20)21(22,23)24)7-10-19(28)25-13-15-5-8-17(14(2)12-15)27-33(3,29)30/h5-10,12,27H,4,11,13H2,1-3H3,(H,25,28). The Morgan fingerprint density at radius 2 is 1.79 bits per heavy atom. The number of hydrogen-bond donors (Lipinski definition) is 2. The Hall–Kier alpha value is -2.93. The first-order chi connectivity index (χ1) is 15.6. The van der Waals surface area contributed by atoms with Crippen molar-refractivity contribution in [3.8, 4) is 0 Å². The molecule has 186 valence electrons. The van der Waals surface area contributed by atoms with Crippen molar-refractivity contribution in [2.75, 3.05) is 16.7 Å². The van der Waals surface area contributed by atoms with Gasteiger partial charge in [0.1, 0.15) is 5.69 Å². The molecule has 0 bridgehead atoms. The minimum atomic E-state index is -4.82. The van der Waals surface area contributed by atoms with E-state index in [1.807, 2.05) is 0 Å². The van der Waals surface area contributed by atoms with Crippen LogP contribution in [0.1, 0.15) is 35.7 Å². The molecule has 34 heavy (non-hydrogen) atoms. The predicted octanol–water partition coefficient (Wildman–Crippen LogP) is 3.29. The average Bonchev–Trinajstić information content (AvgIpc) is 2.70. The van der Waals surface area contributed by atoms with Gasteiger partial charge in [0.25, 0.3) is 0 Å². The van der Waals surface area contributed by atoms with E-state index in [9.17, 15) is 34.8 Å². The molecule has 8 nitrogen and oxygen atoms in total. The van der Waals surface area contributed by atoms with Crippen LogP contribution in [0.25, 0.3) is 6.08 Å². The Bertz CT molecular complexity index is 1310. The number of anilines is 1. The minimum absolute atomic E-state index is 0.0788. The van der Waals surface area contributed by atoms with Gasteiger partial charge in [-0.05, 0) is 48.7 Å². The summed E-state index contributed by atoms with van der Waals surface area (Å²) >= 11 is 0. The van der Waals surface area contributed by atoms with E-state index < -0.39 is 48.4 Å². The summed E-state index contributed by atoms with van der Waals surface area (Å²) in [5.41, 5.74) is 0.222. The molecule has 1 aromatic carbocycles. The van der Waals surface area contributed by atoms with Crippen LogP contribution in [0.3, 0.4) is 0 Å². The van der Waals surface area contributed by atoms with Gasteiger partial charge in [-0.1, -0.05) is 19.1 Å². The molecule has 1 aromatic heterocycles. The molecule has 0 radical (unpaired) electrons. The summed E-state index contributed by atoms with van der Waals surface area (Å²) in [6.45, 7) is 3.34. The molecular weight excluding hydrogens is 495 g/mol. The first kappa shape index (κ1) is 27.3. The number of sulfonamides is 1. The molecule has 1 amide bonds. The van der Waals surface area contributed by atoms with Gasteiger partial charge in [0, 0.05) is 18.2 Å².